The van der Waals surface area contributed by atoms with Crippen LogP contribution in [0.4, 0.5) is 0 Å². The van der Waals surface area contributed by atoms with Crippen LogP contribution in [0.1, 0.15) is 13.8 Å². The third kappa shape index (κ3) is 2.24. The number of thioether (sulfide) groups is 2. The summed E-state index contributed by atoms with van der Waals surface area (Å²) in [5.41, 5.74) is 0. The lowest BCUT2D eigenvalue weighted by atomic mass is 10.1. The highest BCUT2D eigenvalue weighted by Gasteiger charge is 2.26. The summed E-state index contributed by atoms with van der Waals surface area (Å²) in [6.45, 7) is 8.26. The molecule has 0 bridgehead atoms. The Labute approximate surface area is 72.9 Å². The molecular weight excluding hydrogens is 160 g/mol. The zero-order chi connectivity index (χ0) is 8.20. The van der Waals surface area contributed by atoms with Crippen molar-refractivity contribution in [3.63, 3.8) is 0 Å². The van der Waals surface area contributed by atoms with Crippen LogP contribution in [0.2, 0.25) is 0 Å². The molecule has 10 heavy (non-hydrogen) atoms. The third-order valence-corrected chi connectivity index (χ3v) is 5.36. The summed E-state index contributed by atoms with van der Waals surface area (Å²) in [6.07, 6.45) is 6.32. The largest absolute Gasteiger partial charge is 0.147 e. The SMILES string of the molecule is C=CC(C)C(C)(SC)SC. The maximum Gasteiger partial charge on any atom is 0.0637 e. The molecule has 0 saturated heterocycles. The normalized spacial score (nSPS) is 14.8. The summed E-state index contributed by atoms with van der Waals surface area (Å²) in [5.74, 6) is 0.567. The zero-order valence-corrected chi connectivity index (χ0v) is 8.81. The highest BCUT2D eigenvalue weighted by Crippen LogP contribution is 2.40. The van der Waals surface area contributed by atoms with Gasteiger partial charge in [0.25, 0.3) is 0 Å². The van der Waals surface area contributed by atoms with E-state index in [1.165, 1.54) is 0 Å². The molecule has 1 unspecified atom stereocenters. The monoisotopic (exact) mass is 176 g/mol. The van der Waals surface area contributed by atoms with Crippen molar-refractivity contribution in [3.05, 3.63) is 12.7 Å². The fraction of sp³-hybridized carbons (Fsp3) is 0.750. The standard InChI is InChI=1S/C8H16S2/c1-6-7(2)8(3,9-4)10-5/h6-7H,1H2,2-5H3. The summed E-state index contributed by atoms with van der Waals surface area (Å²) < 4.78 is 0.307. The molecule has 0 aliphatic carbocycles. The second kappa shape index (κ2) is 4.35. The summed E-state index contributed by atoms with van der Waals surface area (Å²) in [4.78, 5) is 0. The summed E-state index contributed by atoms with van der Waals surface area (Å²) in [5, 5.41) is 0. The molecule has 0 fully saturated rings. The van der Waals surface area contributed by atoms with Gasteiger partial charge in [-0.1, -0.05) is 13.0 Å². The van der Waals surface area contributed by atoms with E-state index in [1.54, 1.807) is 0 Å². The van der Waals surface area contributed by atoms with Gasteiger partial charge in [0.2, 0.25) is 0 Å². The molecule has 0 saturated carbocycles. The van der Waals surface area contributed by atoms with Crippen LogP contribution >= 0.6 is 23.5 Å². The maximum atomic E-state index is 3.80. The number of hydrogen-bond donors (Lipinski definition) is 0. The Morgan fingerprint density at radius 2 is 1.80 bits per heavy atom. The lowest BCUT2D eigenvalue weighted by Crippen LogP contribution is -2.22. The first-order valence-corrected chi connectivity index (χ1v) is 5.78. The zero-order valence-electron chi connectivity index (χ0n) is 7.18. The van der Waals surface area contributed by atoms with Crippen molar-refractivity contribution in [1.82, 2.24) is 0 Å². The number of rotatable bonds is 4. The van der Waals surface area contributed by atoms with E-state index in [0.717, 1.165) is 0 Å². The van der Waals surface area contributed by atoms with Gasteiger partial charge < -0.3 is 0 Å². The van der Waals surface area contributed by atoms with E-state index in [-0.39, 0.29) is 0 Å². The average molecular weight is 176 g/mol. The van der Waals surface area contributed by atoms with Gasteiger partial charge in [-0.15, -0.1) is 30.1 Å². The van der Waals surface area contributed by atoms with Crippen LogP contribution in [0.3, 0.4) is 0 Å². The van der Waals surface area contributed by atoms with Gasteiger partial charge in [0.1, 0.15) is 0 Å². The van der Waals surface area contributed by atoms with Crippen LogP contribution in [-0.4, -0.2) is 16.6 Å². The van der Waals surface area contributed by atoms with Crippen molar-refractivity contribution in [2.45, 2.75) is 17.9 Å². The molecule has 0 radical (unpaired) electrons. The highest BCUT2D eigenvalue weighted by atomic mass is 32.2. The molecule has 0 rings (SSSR count). The van der Waals surface area contributed by atoms with E-state index in [1.807, 2.05) is 29.6 Å². The molecular formula is C8H16S2. The predicted molar refractivity (Wildman–Crippen MR) is 54.8 cm³/mol. The molecule has 2 heteroatoms. The Bertz CT molecular complexity index is 106. The molecule has 0 aromatic rings. The Morgan fingerprint density at radius 1 is 1.40 bits per heavy atom. The van der Waals surface area contributed by atoms with Crippen molar-refractivity contribution in [2.24, 2.45) is 5.92 Å². The molecule has 0 aliphatic heterocycles. The van der Waals surface area contributed by atoms with Crippen LogP contribution < -0.4 is 0 Å². The van der Waals surface area contributed by atoms with E-state index < -0.39 is 0 Å². The Balaban J connectivity index is 4.15. The molecule has 0 N–H and O–H groups in total. The summed E-state index contributed by atoms with van der Waals surface area (Å²) >= 11 is 3.79. The minimum absolute atomic E-state index is 0.307. The topological polar surface area (TPSA) is 0 Å². The van der Waals surface area contributed by atoms with E-state index >= 15 is 0 Å². The van der Waals surface area contributed by atoms with Crippen molar-refractivity contribution < 1.29 is 0 Å². The number of hydrogen-bond acceptors (Lipinski definition) is 2. The van der Waals surface area contributed by atoms with Gasteiger partial charge in [0.05, 0.1) is 4.08 Å². The van der Waals surface area contributed by atoms with Crippen LogP contribution in [-0.2, 0) is 0 Å². The van der Waals surface area contributed by atoms with Crippen LogP contribution in [0.5, 0.6) is 0 Å². The minimum Gasteiger partial charge on any atom is -0.147 e. The summed E-state index contributed by atoms with van der Waals surface area (Å²) in [6, 6.07) is 0. The highest BCUT2D eigenvalue weighted by molar-refractivity contribution is 8.17. The molecule has 1 atom stereocenters. The van der Waals surface area contributed by atoms with Gasteiger partial charge in [0.15, 0.2) is 0 Å². The van der Waals surface area contributed by atoms with Gasteiger partial charge >= 0.3 is 0 Å². The van der Waals surface area contributed by atoms with E-state index in [2.05, 4.69) is 32.9 Å². The Hall–Kier alpha value is 0.440. The van der Waals surface area contributed by atoms with Gasteiger partial charge in [-0.2, -0.15) is 0 Å². The molecule has 0 amide bonds. The van der Waals surface area contributed by atoms with Crippen molar-refractivity contribution in [1.29, 1.82) is 0 Å². The number of allylic oxidation sites excluding steroid dienone is 1. The fourth-order valence-corrected chi connectivity index (χ4v) is 2.27. The van der Waals surface area contributed by atoms with Crippen LogP contribution in [0.25, 0.3) is 0 Å². The smallest absolute Gasteiger partial charge is 0.0637 e. The second-order valence-electron chi connectivity index (χ2n) is 2.45. The lowest BCUT2D eigenvalue weighted by molar-refractivity contribution is 0.676. The lowest BCUT2D eigenvalue weighted by Gasteiger charge is -2.29. The quantitative estimate of drug-likeness (QED) is 0.476. The summed E-state index contributed by atoms with van der Waals surface area (Å²) in [7, 11) is 0. The van der Waals surface area contributed by atoms with E-state index in [0.29, 0.717) is 10.00 Å². The van der Waals surface area contributed by atoms with Crippen LogP contribution in [0.15, 0.2) is 12.7 Å². The average Bonchev–Trinajstić information content (AvgIpc) is 2.01. The van der Waals surface area contributed by atoms with Gasteiger partial charge in [-0.05, 0) is 25.4 Å². The first-order chi connectivity index (χ1) is 4.60. The second-order valence-corrected chi connectivity index (χ2v) is 5.22. The molecule has 0 aromatic carbocycles. The first kappa shape index (κ1) is 10.4. The molecule has 0 spiro atoms. The van der Waals surface area contributed by atoms with E-state index in [9.17, 15) is 0 Å². The van der Waals surface area contributed by atoms with Gasteiger partial charge in [0, 0.05) is 0 Å². The van der Waals surface area contributed by atoms with Gasteiger partial charge in [-0.3, -0.25) is 0 Å². The predicted octanol–water partition coefficient (Wildman–Crippen LogP) is 3.25. The van der Waals surface area contributed by atoms with Crippen LogP contribution in [0, 0.1) is 5.92 Å². The maximum absolute atomic E-state index is 3.80. The molecule has 0 nitrogen and oxygen atoms in total. The van der Waals surface area contributed by atoms with Crippen molar-refractivity contribution in [2.75, 3.05) is 12.5 Å². The molecule has 0 heterocycles. The minimum atomic E-state index is 0.307. The Morgan fingerprint density at radius 3 is 1.90 bits per heavy atom. The molecule has 0 aromatic heterocycles. The third-order valence-electron chi connectivity index (χ3n) is 1.99. The molecule has 60 valence electrons. The van der Waals surface area contributed by atoms with E-state index in [4.69, 9.17) is 0 Å². The first-order valence-electron chi connectivity index (χ1n) is 3.33. The molecule has 0 aliphatic rings. The van der Waals surface area contributed by atoms with Crippen molar-refractivity contribution >= 4 is 23.5 Å². The van der Waals surface area contributed by atoms with Gasteiger partial charge in [-0.25, -0.2) is 0 Å². The van der Waals surface area contributed by atoms with Crippen molar-refractivity contribution in [3.8, 4) is 0 Å². The fourth-order valence-electron chi connectivity index (χ4n) is 0.669. The Kier molecular flexibility index (Phi) is 4.54.